The van der Waals surface area contributed by atoms with Gasteiger partial charge in [-0.2, -0.15) is 0 Å². The van der Waals surface area contributed by atoms with Crippen molar-refractivity contribution >= 4 is 5.69 Å². The third-order valence-electron chi connectivity index (χ3n) is 3.19. The number of anilines is 1. The summed E-state index contributed by atoms with van der Waals surface area (Å²) in [6.07, 6.45) is 0. The average Bonchev–Trinajstić information content (AvgIpc) is 2.29. The SMILES string of the molecule is COc1ccccc1N1C(C)CNCC1C. The van der Waals surface area contributed by atoms with Crippen LogP contribution in [0, 0.1) is 0 Å². The van der Waals surface area contributed by atoms with Crippen LogP contribution >= 0.6 is 0 Å². The molecule has 0 amide bonds. The summed E-state index contributed by atoms with van der Waals surface area (Å²) in [4.78, 5) is 2.44. The molecule has 0 saturated carbocycles. The predicted molar refractivity (Wildman–Crippen MR) is 67.3 cm³/mol. The number of ether oxygens (including phenoxy) is 1. The van der Waals surface area contributed by atoms with Crippen LogP contribution in [0.1, 0.15) is 13.8 Å². The monoisotopic (exact) mass is 220 g/mol. The van der Waals surface area contributed by atoms with Crippen LogP contribution in [0.5, 0.6) is 5.75 Å². The summed E-state index contributed by atoms with van der Waals surface area (Å²) in [7, 11) is 1.73. The average molecular weight is 220 g/mol. The molecule has 2 atom stereocenters. The van der Waals surface area contributed by atoms with Gasteiger partial charge in [0.25, 0.3) is 0 Å². The van der Waals surface area contributed by atoms with Crippen molar-refractivity contribution < 1.29 is 4.74 Å². The Balaban J connectivity index is 2.33. The van der Waals surface area contributed by atoms with Crippen LogP contribution in [-0.4, -0.2) is 32.3 Å². The quantitative estimate of drug-likeness (QED) is 0.823. The molecule has 2 unspecified atom stereocenters. The maximum atomic E-state index is 5.43. The summed E-state index contributed by atoms with van der Waals surface area (Å²) >= 11 is 0. The summed E-state index contributed by atoms with van der Waals surface area (Å²) in [5, 5.41) is 3.44. The van der Waals surface area contributed by atoms with Crippen LogP contribution in [0.15, 0.2) is 24.3 Å². The highest BCUT2D eigenvalue weighted by Crippen LogP contribution is 2.31. The molecule has 1 heterocycles. The number of hydrogen-bond acceptors (Lipinski definition) is 3. The lowest BCUT2D eigenvalue weighted by atomic mass is 10.1. The van der Waals surface area contributed by atoms with Crippen molar-refractivity contribution in [3.63, 3.8) is 0 Å². The first-order valence-electron chi connectivity index (χ1n) is 5.86. The summed E-state index contributed by atoms with van der Waals surface area (Å²) in [6, 6.07) is 9.24. The summed E-state index contributed by atoms with van der Waals surface area (Å²) in [6.45, 7) is 6.55. The largest absolute Gasteiger partial charge is 0.495 e. The van der Waals surface area contributed by atoms with Gasteiger partial charge in [0.1, 0.15) is 5.75 Å². The van der Waals surface area contributed by atoms with E-state index in [9.17, 15) is 0 Å². The van der Waals surface area contributed by atoms with E-state index in [4.69, 9.17) is 4.74 Å². The molecular weight excluding hydrogens is 200 g/mol. The highest BCUT2D eigenvalue weighted by molar-refractivity contribution is 5.60. The first-order chi connectivity index (χ1) is 7.74. The molecule has 1 aromatic rings. The molecule has 0 aliphatic carbocycles. The molecule has 88 valence electrons. The summed E-state index contributed by atoms with van der Waals surface area (Å²) < 4.78 is 5.43. The van der Waals surface area contributed by atoms with Gasteiger partial charge in [0, 0.05) is 25.2 Å². The maximum Gasteiger partial charge on any atom is 0.142 e. The van der Waals surface area contributed by atoms with Gasteiger partial charge in [-0.25, -0.2) is 0 Å². The van der Waals surface area contributed by atoms with Gasteiger partial charge in [-0.05, 0) is 26.0 Å². The minimum Gasteiger partial charge on any atom is -0.495 e. The molecule has 1 N–H and O–H groups in total. The van der Waals surface area contributed by atoms with E-state index in [1.807, 2.05) is 12.1 Å². The molecule has 0 spiro atoms. The Hall–Kier alpha value is -1.22. The Labute approximate surface area is 97.4 Å². The Morgan fingerprint density at radius 2 is 1.81 bits per heavy atom. The summed E-state index contributed by atoms with van der Waals surface area (Å²) in [5.41, 5.74) is 1.20. The Morgan fingerprint density at radius 3 is 2.44 bits per heavy atom. The lowest BCUT2D eigenvalue weighted by molar-refractivity contribution is 0.396. The molecule has 0 bridgehead atoms. The fraction of sp³-hybridized carbons (Fsp3) is 0.538. The van der Waals surface area contributed by atoms with Crippen molar-refractivity contribution in [2.24, 2.45) is 0 Å². The number of methoxy groups -OCH3 is 1. The molecule has 1 aromatic carbocycles. The van der Waals surface area contributed by atoms with Crippen molar-refractivity contribution in [1.82, 2.24) is 5.32 Å². The zero-order valence-electron chi connectivity index (χ0n) is 10.2. The Morgan fingerprint density at radius 1 is 1.19 bits per heavy atom. The van der Waals surface area contributed by atoms with Gasteiger partial charge in [-0.15, -0.1) is 0 Å². The van der Waals surface area contributed by atoms with Crippen molar-refractivity contribution in [2.75, 3.05) is 25.1 Å². The van der Waals surface area contributed by atoms with E-state index in [1.165, 1.54) is 5.69 Å². The standard InChI is InChI=1S/C13H20N2O/c1-10-8-14-9-11(2)15(10)12-6-4-5-7-13(12)16-3/h4-7,10-11,14H,8-9H2,1-3H3. The first kappa shape index (κ1) is 11.3. The highest BCUT2D eigenvalue weighted by atomic mass is 16.5. The second-order valence-electron chi connectivity index (χ2n) is 4.44. The molecule has 3 nitrogen and oxygen atoms in total. The van der Waals surface area contributed by atoms with Crippen molar-refractivity contribution in [3.05, 3.63) is 24.3 Å². The number of piperazine rings is 1. The lowest BCUT2D eigenvalue weighted by Gasteiger charge is -2.41. The second kappa shape index (κ2) is 4.74. The molecule has 1 saturated heterocycles. The third kappa shape index (κ3) is 2.00. The minimum atomic E-state index is 0.500. The fourth-order valence-corrected chi connectivity index (χ4v) is 2.45. The molecule has 3 heteroatoms. The number of nitrogens with one attached hydrogen (secondary N) is 1. The Kier molecular flexibility index (Phi) is 3.34. The van der Waals surface area contributed by atoms with Gasteiger partial charge in [-0.1, -0.05) is 12.1 Å². The van der Waals surface area contributed by atoms with Crippen LogP contribution < -0.4 is 15.0 Å². The van der Waals surface area contributed by atoms with E-state index in [0.29, 0.717) is 12.1 Å². The van der Waals surface area contributed by atoms with Crippen LogP contribution in [-0.2, 0) is 0 Å². The van der Waals surface area contributed by atoms with Crippen molar-refractivity contribution in [2.45, 2.75) is 25.9 Å². The van der Waals surface area contributed by atoms with Crippen LogP contribution in [0.4, 0.5) is 5.69 Å². The fourth-order valence-electron chi connectivity index (χ4n) is 2.45. The number of rotatable bonds is 2. The molecular formula is C13H20N2O. The molecule has 0 radical (unpaired) electrons. The second-order valence-corrected chi connectivity index (χ2v) is 4.44. The number of benzene rings is 1. The molecule has 0 aromatic heterocycles. The number of para-hydroxylation sites is 2. The predicted octanol–water partition coefficient (Wildman–Crippen LogP) is 1.88. The molecule has 1 aliphatic heterocycles. The minimum absolute atomic E-state index is 0.500. The smallest absolute Gasteiger partial charge is 0.142 e. The van der Waals surface area contributed by atoms with E-state index >= 15 is 0 Å². The number of hydrogen-bond donors (Lipinski definition) is 1. The number of nitrogens with zero attached hydrogens (tertiary/aromatic N) is 1. The van der Waals surface area contributed by atoms with Crippen molar-refractivity contribution in [3.8, 4) is 5.75 Å². The van der Waals surface area contributed by atoms with E-state index in [-0.39, 0.29) is 0 Å². The van der Waals surface area contributed by atoms with E-state index in [2.05, 4.69) is 36.2 Å². The van der Waals surface area contributed by atoms with Gasteiger partial charge < -0.3 is 15.0 Å². The van der Waals surface area contributed by atoms with Crippen LogP contribution in [0.2, 0.25) is 0 Å². The van der Waals surface area contributed by atoms with Gasteiger partial charge in [0.2, 0.25) is 0 Å². The zero-order valence-corrected chi connectivity index (χ0v) is 10.2. The van der Waals surface area contributed by atoms with E-state index in [1.54, 1.807) is 7.11 Å². The Bertz CT molecular complexity index is 344. The van der Waals surface area contributed by atoms with Gasteiger partial charge in [0.15, 0.2) is 0 Å². The van der Waals surface area contributed by atoms with Crippen molar-refractivity contribution in [1.29, 1.82) is 0 Å². The zero-order chi connectivity index (χ0) is 11.5. The molecule has 1 aliphatic rings. The molecule has 1 fully saturated rings. The van der Waals surface area contributed by atoms with Crippen LogP contribution in [0.25, 0.3) is 0 Å². The van der Waals surface area contributed by atoms with E-state index in [0.717, 1.165) is 18.8 Å². The third-order valence-corrected chi connectivity index (χ3v) is 3.19. The van der Waals surface area contributed by atoms with Crippen LogP contribution in [0.3, 0.4) is 0 Å². The first-order valence-corrected chi connectivity index (χ1v) is 5.86. The molecule has 16 heavy (non-hydrogen) atoms. The van der Waals surface area contributed by atoms with Gasteiger partial charge in [0.05, 0.1) is 12.8 Å². The summed E-state index contributed by atoms with van der Waals surface area (Å²) in [5.74, 6) is 0.961. The van der Waals surface area contributed by atoms with Gasteiger partial charge in [-0.3, -0.25) is 0 Å². The normalized spacial score (nSPS) is 25.6. The molecule has 2 rings (SSSR count). The van der Waals surface area contributed by atoms with Gasteiger partial charge >= 0.3 is 0 Å². The topological polar surface area (TPSA) is 24.5 Å². The highest BCUT2D eigenvalue weighted by Gasteiger charge is 2.26. The lowest BCUT2D eigenvalue weighted by Crippen LogP contribution is -2.55. The maximum absolute atomic E-state index is 5.43. The van der Waals surface area contributed by atoms with E-state index < -0.39 is 0 Å².